The van der Waals surface area contributed by atoms with E-state index in [9.17, 15) is 4.79 Å². The molecule has 0 aliphatic rings. The molecule has 3 rings (SSSR count). The van der Waals surface area contributed by atoms with Crippen LogP contribution < -0.4 is 9.47 Å². The van der Waals surface area contributed by atoms with Crippen molar-refractivity contribution < 1.29 is 14.3 Å². The first-order chi connectivity index (χ1) is 12.6. The molecule has 0 spiro atoms. The normalized spacial score (nSPS) is 10.7. The molecule has 1 amide bonds. The lowest BCUT2D eigenvalue weighted by atomic mass is 10.2. The highest BCUT2D eigenvalue weighted by atomic mass is 32.2. The van der Waals surface area contributed by atoms with E-state index < -0.39 is 0 Å². The Kier molecular flexibility index (Phi) is 5.68. The second-order valence-electron chi connectivity index (χ2n) is 5.82. The van der Waals surface area contributed by atoms with Gasteiger partial charge < -0.3 is 19.4 Å². The number of aromatic nitrogens is 2. The van der Waals surface area contributed by atoms with E-state index in [1.807, 2.05) is 42.5 Å². The van der Waals surface area contributed by atoms with E-state index in [1.54, 1.807) is 26.2 Å². The van der Waals surface area contributed by atoms with Gasteiger partial charge in [0.05, 0.1) is 31.0 Å². The molecule has 3 aromatic rings. The molecule has 0 radical (unpaired) electrons. The van der Waals surface area contributed by atoms with Crippen molar-refractivity contribution >= 4 is 28.7 Å². The third-order valence-electron chi connectivity index (χ3n) is 3.98. The topological polar surface area (TPSA) is 67.4 Å². The first kappa shape index (κ1) is 18.1. The third-order valence-corrected chi connectivity index (χ3v) is 4.84. The maximum Gasteiger partial charge on any atom is 0.233 e. The van der Waals surface area contributed by atoms with Gasteiger partial charge >= 0.3 is 0 Å². The summed E-state index contributed by atoms with van der Waals surface area (Å²) in [6.07, 6.45) is 0. The number of benzene rings is 2. The van der Waals surface area contributed by atoms with Crippen LogP contribution in [-0.4, -0.2) is 47.8 Å². The molecule has 26 heavy (non-hydrogen) atoms. The largest absolute Gasteiger partial charge is 0.497 e. The van der Waals surface area contributed by atoms with Crippen LogP contribution in [0.1, 0.15) is 5.56 Å². The van der Waals surface area contributed by atoms with E-state index in [1.165, 1.54) is 11.8 Å². The first-order valence-electron chi connectivity index (χ1n) is 8.12. The molecular formula is C19H21N3O3S. The first-order valence-corrected chi connectivity index (χ1v) is 9.11. The van der Waals surface area contributed by atoms with E-state index in [0.717, 1.165) is 33.3 Å². The molecule has 2 aromatic carbocycles. The zero-order valence-corrected chi connectivity index (χ0v) is 15.8. The van der Waals surface area contributed by atoms with Gasteiger partial charge in [-0.3, -0.25) is 4.79 Å². The van der Waals surface area contributed by atoms with Crippen LogP contribution in [-0.2, 0) is 11.3 Å². The fourth-order valence-electron chi connectivity index (χ4n) is 2.53. The number of aromatic amines is 1. The smallest absolute Gasteiger partial charge is 0.233 e. The molecule has 0 unspecified atom stereocenters. The summed E-state index contributed by atoms with van der Waals surface area (Å²) in [6, 6.07) is 13.4. The number of hydrogen-bond donors (Lipinski definition) is 1. The molecule has 136 valence electrons. The Balaban J connectivity index is 1.59. The van der Waals surface area contributed by atoms with Gasteiger partial charge in [-0.05, 0) is 29.8 Å². The van der Waals surface area contributed by atoms with E-state index in [2.05, 4.69) is 9.97 Å². The van der Waals surface area contributed by atoms with E-state index >= 15 is 0 Å². The number of thioether (sulfide) groups is 1. The fourth-order valence-corrected chi connectivity index (χ4v) is 3.36. The Morgan fingerprint density at radius 3 is 2.69 bits per heavy atom. The Morgan fingerprint density at radius 1 is 1.15 bits per heavy atom. The van der Waals surface area contributed by atoms with Crippen molar-refractivity contribution in [3.8, 4) is 11.5 Å². The van der Waals surface area contributed by atoms with Crippen molar-refractivity contribution in [1.29, 1.82) is 0 Å². The van der Waals surface area contributed by atoms with Crippen LogP contribution in [0.4, 0.5) is 0 Å². The number of imidazole rings is 1. The molecule has 0 saturated carbocycles. The quantitative estimate of drug-likeness (QED) is 0.645. The molecular weight excluding hydrogens is 350 g/mol. The maximum absolute atomic E-state index is 12.4. The van der Waals surface area contributed by atoms with Crippen molar-refractivity contribution in [2.75, 3.05) is 27.0 Å². The number of methoxy groups -OCH3 is 2. The fraction of sp³-hybridized carbons (Fsp3) is 0.263. The van der Waals surface area contributed by atoms with Gasteiger partial charge in [0.1, 0.15) is 11.5 Å². The maximum atomic E-state index is 12.4. The van der Waals surface area contributed by atoms with Gasteiger partial charge in [0.25, 0.3) is 0 Å². The Labute approximate surface area is 156 Å². The summed E-state index contributed by atoms with van der Waals surface area (Å²) in [5, 5.41) is 0.719. The van der Waals surface area contributed by atoms with Crippen LogP contribution in [0.25, 0.3) is 11.0 Å². The van der Waals surface area contributed by atoms with Crippen molar-refractivity contribution in [2.24, 2.45) is 0 Å². The standard InChI is InChI=1S/C19H21N3O3S/c1-22(11-13-5-4-6-14(9-13)24-2)18(23)12-26-19-20-16-8-7-15(25-3)10-17(16)21-19/h4-10H,11-12H2,1-3H3,(H,20,21). The molecule has 0 fully saturated rings. The van der Waals surface area contributed by atoms with Gasteiger partial charge in [-0.1, -0.05) is 23.9 Å². The summed E-state index contributed by atoms with van der Waals surface area (Å²) in [6.45, 7) is 0.536. The Hall–Kier alpha value is -2.67. The zero-order valence-electron chi connectivity index (χ0n) is 15.0. The van der Waals surface area contributed by atoms with Gasteiger partial charge in [-0.25, -0.2) is 4.98 Å². The second-order valence-corrected chi connectivity index (χ2v) is 6.78. The summed E-state index contributed by atoms with van der Waals surface area (Å²) in [4.78, 5) is 21.8. The lowest BCUT2D eigenvalue weighted by Crippen LogP contribution is -2.27. The molecule has 0 atom stereocenters. The molecule has 1 aromatic heterocycles. The summed E-state index contributed by atoms with van der Waals surface area (Å²) < 4.78 is 10.4. The number of ether oxygens (including phenoxy) is 2. The average Bonchev–Trinajstić information content (AvgIpc) is 3.08. The third kappa shape index (κ3) is 4.29. The number of fused-ring (bicyclic) bond motifs is 1. The summed E-state index contributed by atoms with van der Waals surface area (Å²) in [5.74, 6) is 1.91. The SMILES string of the molecule is COc1cccc(CN(C)C(=O)CSc2nc3ccc(OC)cc3[nH]2)c1. The van der Waals surface area contributed by atoms with Gasteiger partial charge in [0, 0.05) is 19.7 Å². The van der Waals surface area contributed by atoms with Gasteiger partial charge in [-0.15, -0.1) is 0 Å². The molecule has 1 N–H and O–H groups in total. The van der Waals surface area contributed by atoms with Gasteiger partial charge in [0.15, 0.2) is 5.16 Å². The molecule has 0 aliphatic carbocycles. The number of hydrogen-bond acceptors (Lipinski definition) is 5. The van der Waals surface area contributed by atoms with Crippen molar-refractivity contribution in [3.05, 3.63) is 48.0 Å². The predicted molar refractivity (Wildman–Crippen MR) is 103 cm³/mol. The molecule has 7 heteroatoms. The van der Waals surface area contributed by atoms with E-state index in [4.69, 9.17) is 9.47 Å². The zero-order chi connectivity index (χ0) is 18.5. The predicted octanol–water partition coefficient (Wildman–Crippen LogP) is 3.33. The minimum Gasteiger partial charge on any atom is -0.497 e. The minimum absolute atomic E-state index is 0.0378. The number of nitrogens with zero attached hydrogens (tertiary/aromatic N) is 2. The highest BCUT2D eigenvalue weighted by Gasteiger charge is 2.12. The Bertz CT molecular complexity index is 910. The lowest BCUT2D eigenvalue weighted by molar-refractivity contribution is -0.127. The van der Waals surface area contributed by atoms with E-state index in [0.29, 0.717) is 12.3 Å². The molecule has 0 bridgehead atoms. The highest BCUT2D eigenvalue weighted by molar-refractivity contribution is 7.99. The van der Waals surface area contributed by atoms with Crippen molar-refractivity contribution in [3.63, 3.8) is 0 Å². The molecule has 1 heterocycles. The molecule has 0 aliphatic heterocycles. The summed E-state index contributed by atoms with van der Waals surface area (Å²) in [7, 11) is 5.06. The van der Waals surface area contributed by atoms with Crippen LogP contribution in [0.5, 0.6) is 11.5 Å². The minimum atomic E-state index is 0.0378. The van der Waals surface area contributed by atoms with Crippen LogP contribution in [0, 0.1) is 0 Å². The van der Waals surface area contributed by atoms with Crippen LogP contribution in [0.3, 0.4) is 0 Å². The van der Waals surface area contributed by atoms with Crippen molar-refractivity contribution in [2.45, 2.75) is 11.7 Å². The second kappa shape index (κ2) is 8.14. The number of rotatable bonds is 7. The average molecular weight is 371 g/mol. The molecule has 0 saturated heterocycles. The monoisotopic (exact) mass is 371 g/mol. The number of carbonyl (C=O) groups is 1. The number of H-pyrrole nitrogens is 1. The van der Waals surface area contributed by atoms with Crippen LogP contribution in [0.2, 0.25) is 0 Å². The summed E-state index contributed by atoms with van der Waals surface area (Å²) >= 11 is 1.39. The van der Waals surface area contributed by atoms with E-state index in [-0.39, 0.29) is 5.91 Å². The lowest BCUT2D eigenvalue weighted by Gasteiger charge is -2.17. The van der Waals surface area contributed by atoms with Crippen LogP contribution in [0.15, 0.2) is 47.6 Å². The Morgan fingerprint density at radius 2 is 1.92 bits per heavy atom. The van der Waals surface area contributed by atoms with Gasteiger partial charge in [0.2, 0.25) is 5.91 Å². The summed E-state index contributed by atoms with van der Waals surface area (Å²) in [5.41, 5.74) is 2.77. The number of carbonyl (C=O) groups excluding carboxylic acids is 1. The van der Waals surface area contributed by atoms with Crippen LogP contribution >= 0.6 is 11.8 Å². The van der Waals surface area contributed by atoms with Gasteiger partial charge in [-0.2, -0.15) is 0 Å². The number of amides is 1. The highest BCUT2D eigenvalue weighted by Crippen LogP contribution is 2.23. The number of nitrogens with one attached hydrogen (secondary N) is 1. The van der Waals surface area contributed by atoms with Crippen molar-refractivity contribution in [1.82, 2.24) is 14.9 Å². The molecule has 6 nitrogen and oxygen atoms in total.